The van der Waals surface area contributed by atoms with Gasteiger partial charge in [0, 0.05) is 19.1 Å². The number of halogens is 1. The van der Waals surface area contributed by atoms with Gasteiger partial charge in [-0.1, -0.05) is 30.7 Å². The van der Waals surface area contributed by atoms with Gasteiger partial charge in [0.2, 0.25) is 0 Å². The van der Waals surface area contributed by atoms with Gasteiger partial charge in [0.25, 0.3) is 0 Å². The molecule has 0 saturated carbocycles. The summed E-state index contributed by atoms with van der Waals surface area (Å²) in [5.41, 5.74) is 10.3. The van der Waals surface area contributed by atoms with E-state index in [1.165, 1.54) is 16.7 Å². The lowest BCUT2D eigenvalue weighted by Crippen LogP contribution is -2.45. The summed E-state index contributed by atoms with van der Waals surface area (Å²) in [5.74, 6) is 0.620. The van der Waals surface area contributed by atoms with Crippen molar-refractivity contribution in [1.82, 2.24) is 4.90 Å². The summed E-state index contributed by atoms with van der Waals surface area (Å²) in [6.45, 7) is 9.97. The van der Waals surface area contributed by atoms with Gasteiger partial charge in [-0.2, -0.15) is 0 Å². The lowest BCUT2D eigenvalue weighted by atomic mass is 9.94. The number of aryl methyl sites for hydroxylation is 2. The molecule has 0 amide bonds. The molecule has 1 aliphatic rings. The Labute approximate surface area is 117 Å². The number of hydrogen-bond donors (Lipinski definition) is 1. The average Bonchev–Trinajstić information content (AvgIpc) is 2.27. The average molecular weight is 269 g/mol. The maximum Gasteiger partial charge on any atom is 0.0236 e. The minimum absolute atomic E-state index is 0. The second kappa shape index (κ2) is 6.55. The van der Waals surface area contributed by atoms with Gasteiger partial charge in [0.1, 0.15) is 0 Å². The Morgan fingerprint density at radius 2 is 2.06 bits per heavy atom. The van der Waals surface area contributed by atoms with Gasteiger partial charge in [-0.15, -0.1) is 12.4 Å². The summed E-state index contributed by atoms with van der Waals surface area (Å²) < 4.78 is 0. The SMILES string of the molecule is Cc1ccc(CN2CCC(N)C(C)C2)c(C)c1.Cl. The molecule has 3 heteroatoms. The molecule has 0 spiro atoms. The molecule has 2 nitrogen and oxygen atoms in total. The van der Waals surface area contributed by atoms with Gasteiger partial charge in [-0.3, -0.25) is 4.90 Å². The van der Waals surface area contributed by atoms with E-state index in [9.17, 15) is 0 Å². The van der Waals surface area contributed by atoms with E-state index in [-0.39, 0.29) is 12.4 Å². The van der Waals surface area contributed by atoms with E-state index >= 15 is 0 Å². The third-order valence-corrected chi connectivity index (χ3v) is 3.95. The molecule has 2 rings (SSSR count). The quantitative estimate of drug-likeness (QED) is 0.894. The summed E-state index contributed by atoms with van der Waals surface area (Å²) in [6.07, 6.45) is 1.13. The van der Waals surface area contributed by atoms with E-state index in [0.717, 1.165) is 26.1 Å². The molecule has 2 unspecified atom stereocenters. The Morgan fingerprint density at radius 3 is 2.67 bits per heavy atom. The molecule has 1 heterocycles. The van der Waals surface area contributed by atoms with Crippen molar-refractivity contribution in [3.05, 3.63) is 34.9 Å². The van der Waals surface area contributed by atoms with Gasteiger partial charge >= 0.3 is 0 Å². The van der Waals surface area contributed by atoms with Crippen LogP contribution in [0.2, 0.25) is 0 Å². The smallest absolute Gasteiger partial charge is 0.0236 e. The van der Waals surface area contributed by atoms with Crippen LogP contribution in [0.5, 0.6) is 0 Å². The first-order valence-corrected chi connectivity index (χ1v) is 6.60. The van der Waals surface area contributed by atoms with E-state index in [0.29, 0.717) is 12.0 Å². The number of rotatable bonds is 2. The van der Waals surface area contributed by atoms with E-state index < -0.39 is 0 Å². The van der Waals surface area contributed by atoms with Crippen molar-refractivity contribution in [2.24, 2.45) is 11.7 Å². The first kappa shape index (κ1) is 15.5. The summed E-state index contributed by atoms with van der Waals surface area (Å²) in [4.78, 5) is 2.53. The van der Waals surface area contributed by atoms with Gasteiger partial charge in [-0.25, -0.2) is 0 Å². The molecular weight excluding hydrogens is 244 g/mol. The normalized spacial score (nSPS) is 24.7. The van der Waals surface area contributed by atoms with Crippen LogP contribution in [0.4, 0.5) is 0 Å². The van der Waals surface area contributed by atoms with Crippen LogP contribution in [-0.4, -0.2) is 24.0 Å². The molecule has 1 aromatic carbocycles. The van der Waals surface area contributed by atoms with Crippen molar-refractivity contribution in [2.75, 3.05) is 13.1 Å². The number of benzene rings is 1. The van der Waals surface area contributed by atoms with E-state index in [1.807, 2.05) is 0 Å². The number of nitrogens with two attached hydrogens (primary N) is 1. The monoisotopic (exact) mass is 268 g/mol. The van der Waals surface area contributed by atoms with Gasteiger partial charge in [0.15, 0.2) is 0 Å². The number of likely N-dealkylation sites (tertiary alicyclic amines) is 1. The molecule has 2 N–H and O–H groups in total. The van der Waals surface area contributed by atoms with Crippen LogP contribution in [0.3, 0.4) is 0 Å². The minimum atomic E-state index is 0. The lowest BCUT2D eigenvalue weighted by Gasteiger charge is -2.35. The highest BCUT2D eigenvalue weighted by Crippen LogP contribution is 2.19. The lowest BCUT2D eigenvalue weighted by molar-refractivity contribution is 0.157. The fraction of sp³-hybridized carbons (Fsp3) is 0.600. The number of piperidine rings is 1. The van der Waals surface area contributed by atoms with E-state index in [2.05, 4.69) is 43.9 Å². The third-order valence-electron chi connectivity index (χ3n) is 3.95. The summed E-state index contributed by atoms with van der Waals surface area (Å²) >= 11 is 0. The minimum Gasteiger partial charge on any atom is -0.327 e. The van der Waals surface area contributed by atoms with Crippen LogP contribution in [0, 0.1) is 19.8 Å². The van der Waals surface area contributed by atoms with Crippen molar-refractivity contribution in [1.29, 1.82) is 0 Å². The van der Waals surface area contributed by atoms with Crippen molar-refractivity contribution in [3.8, 4) is 0 Å². The van der Waals surface area contributed by atoms with E-state index in [1.54, 1.807) is 0 Å². The zero-order valence-electron chi connectivity index (χ0n) is 11.6. The fourth-order valence-corrected chi connectivity index (χ4v) is 2.66. The molecule has 1 saturated heterocycles. The molecule has 1 aromatic rings. The molecule has 18 heavy (non-hydrogen) atoms. The summed E-state index contributed by atoms with van der Waals surface area (Å²) in [5, 5.41) is 0. The maximum absolute atomic E-state index is 6.06. The maximum atomic E-state index is 6.06. The molecule has 2 atom stereocenters. The van der Waals surface area contributed by atoms with Crippen LogP contribution < -0.4 is 5.73 Å². The molecule has 1 aliphatic heterocycles. The Hall–Kier alpha value is -0.570. The Kier molecular flexibility index (Phi) is 5.64. The molecule has 0 radical (unpaired) electrons. The second-order valence-corrected chi connectivity index (χ2v) is 5.59. The van der Waals surface area contributed by atoms with Crippen LogP contribution in [-0.2, 0) is 6.54 Å². The van der Waals surface area contributed by atoms with Crippen molar-refractivity contribution >= 4 is 12.4 Å². The molecule has 1 fully saturated rings. The first-order valence-electron chi connectivity index (χ1n) is 6.60. The summed E-state index contributed by atoms with van der Waals surface area (Å²) in [6, 6.07) is 7.14. The number of nitrogens with zero attached hydrogens (tertiary/aromatic N) is 1. The molecule has 0 aliphatic carbocycles. The van der Waals surface area contributed by atoms with Crippen molar-refractivity contribution < 1.29 is 0 Å². The van der Waals surface area contributed by atoms with E-state index in [4.69, 9.17) is 5.73 Å². The Bertz CT molecular complexity index is 392. The predicted octanol–water partition coefficient (Wildman–Crippen LogP) is 2.89. The van der Waals surface area contributed by atoms with Crippen LogP contribution in [0.25, 0.3) is 0 Å². The van der Waals surface area contributed by atoms with Crippen molar-refractivity contribution in [3.63, 3.8) is 0 Å². The van der Waals surface area contributed by atoms with Crippen LogP contribution >= 0.6 is 12.4 Å². The standard InChI is InChI=1S/C15H24N2.ClH/c1-11-4-5-14(12(2)8-11)10-17-7-6-15(16)13(3)9-17;/h4-5,8,13,15H,6-7,9-10,16H2,1-3H3;1H. The van der Waals surface area contributed by atoms with Crippen LogP contribution in [0.15, 0.2) is 18.2 Å². The zero-order chi connectivity index (χ0) is 12.4. The Morgan fingerprint density at radius 1 is 1.33 bits per heavy atom. The van der Waals surface area contributed by atoms with Gasteiger partial charge in [0.05, 0.1) is 0 Å². The molecular formula is C15H25ClN2. The third kappa shape index (κ3) is 3.71. The van der Waals surface area contributed by atoms with Crippen molar-refractivity contribution in [2.45, 2.75) is 39.8 Å². The first-order chi connectivity index (χ1) is 8.06. The van der Waals surface area contributed by atoms with Gasteiger partial charge in [-0.05, 0) is 43.9 Å². The second-order valence-electron chi connectivity index (χ2n) is 5.59. The van der Waals surface area contributed by atoms with Gasteiger partial charge < -0.3 is 5.73 Å². The topological polar surface area (TPSA) is 29.3 Å². The fourth-order valence-electron chi connectivity index (χ4n) is 2.66. The van der Waals surface area contributed by atoms with Crippen LogP contribution in [0.1, 0.15) is 30.0 Å². The zero-order valence-corrected chi connectivity index (χ0v) is 12.5. The summed E-state index contributed by atoms with van der Waals surface area (Å²) in [7, 11) is 0. The highest BCUT2D eigenvalue weighted by Gasteiger charge is 2.23. The highest BCUT2D eigenvalue weighted by atomic mass is 35.5. The Balaban J connectivity index is 0.00000162. The number of hydrogen-bond acceptors (Lipinski definition) is 2. The predicted molar refractivity (Wildman–Crippen MR) is 80.2 cm³/mol. The largest absolute Gasteiger partial charge is 0.327 e. The molecule has 0 bridgehead atoms. The highest BCUT2D eigenvalue weighted by molar-refractivity contribution is 5.85. The molecule has 102 valence electrons. The molecule has 0 aromatic heterocycles.